The van der Waals surface area contributed by atoms with Gasteiger partial charge >= 0.3 is 6.11 Å². The zero-order valence-corrected chi connectivity index (χ0v) is 24.0. The van der Waals surface area contributed by atoms with Gasteiger partial charge in [0.2, 0.25) is 0 Å². The summed E-state index contributed by atoms with van der Waals surface area (Å²) in [6.45, 7) is 2.06. The fraction of sp³-hybridized carbons (Fsp3) is 0.111. The van der Waals surface area contributed by atoms with E-state index in [0.717, 1.165) is 36.6 Å². The molecule has 46 heavy (non-hydrogen) atoms. The Kier molecular flexibility index (Phi) is 9.27. The molecule has 0 N–H and O–H groups in total. The highest BCUT2D eigenvalue weighted by atomic mass is 19.3. The van der Waals surface area contributed by atoms with Crippen LogP contribution in [-0.4, -0.2) is 0 Å². The molecule has 236 valence electrons. The van der Waals surface area contributed by atoms with Crippen molar-refractivity contribution in [2.75, 3.05) is 0 Å². The Balaban J connectivity index is 1.37. The topological polar surface area (TPSA) is 9.23 Å². The van der Waals surface area contributed by atoms with Crippen LogP contribution < -0.4 is 4.74 Å². The molecule has 0 heterocycles. The quantitative estimate of drug-likeness (QED) is 0.115. The van der Waals surface area contributed by atoms with Crippen molar-refractivity contribution in [1.29, 1.82) is 0 Å². The molecule has 0 bridgehead atoms. The number of halogens is 9. The van der Waals surface area contributed by atoms with Gasteiger partial charge in [-0.15, -0.1) is 0 Å². The van der Waals surface area contributed by atoms with Gasteiger partial charge in [-0.3, -0.25) is 0 Å². The van der Waals surface area contributed by atoms with Gasteiger partial charge in [0.15, 0.2) is 17.5 Å². The van der Waals surface area contributed by atoms with E-state index in [1.54, 1.807) is 12.1 Å². The van der Waals surface area contributed by atoms with E-state index >= 15 is 4.39 Å². The van der Waals surface area contributed by atoms with Crippen molar-refractivity contribution >= 4 is 6.08 Å². The highest BCUT2D eigenvalue weighted by Gasteiger charge is 2.41. The molecule has 0 spiro atoms. The van der Waals surface area contributed by atoms with E-state index < -0.39 is 69.3 Å². The van der Waals surface area contributed by atoms with Crippen molar-refractivity contribution in [3.8, 4) is 39.1 Å². The largest absolute Gasteiger partial charge is 0.432 e. The summed E-state index contributed by atoms with van der Waals surface area (Å²) in [6.07, 6.45) is 1.28. The van der Waals surface area contributed by atoms with E-state index in [4.69, 9.17) is 0 Å². The first kappa shape index (κ1) is 32.4. The lowest BCUT2D eigenvalue weighted by Gasteiger charge is -2.20. The normalized spacial score (nSPS) is 11.8. The molecular weight excluding hydrogens is 619 g/mol. The van der Waals surface area contributed by atoms with Crippen LogP contribution in [0, 0.1) is 40.7 Å². The minimum Gasteiger partial charge on any atom is -0.429 e. The van der Waals surface area contributed by atoms with Crippen LogP contribution in [0.1, 0.15) is 30.9 Å². The summed E-state index contributed by atoms with van der Waals surface area (Å²) >= 11 is 0. The lowest BCUT2D eigenvalue weighted by molar-refractivity contribution is -0.189. The highest BCUT2D eigenvalue weighted by Crippen LogP contribution is 2.39. The first-order valence-electron chi connectivity index (χ1n) is 14.0. The fourth-order valence-electron chi connectivity index (χ4n) is 4.81. The third-order valence-electron chi connectivity index (χ3n) is 7.10. The SMILES string of the molecule is CCCC=Cc1ccc(-c2ccc(-c3cc(F)c(C(F)(F)Oc4ccc(-c5cc(F)c(F)c(F)c5)c(F)c4)c(F)c3)c(F)c2)cc1. The Morgan fingerprint density at radius 2 is 1.07 bits per heavy atom. The number of unbranched alkanes of at least 4 members (excludes halogenated alkanes) is 1. The molecule has 0 aromatic heterocycles. The lowest BCUT2D eigenvalue weighted by Crippen LogP contribution is -2.25. The summed E-state index contributed by atoms with van der Waals surface area (Å²) in [6, 6.07) is 15.3. The van der Waals surface area contributed by atoms with Gasteiger partial charge in [-0.2, -0.15) is 8.78 Å². The smallest absolute Gasteiger partial charge is 0.429 e. The van der Waals surface area contributed by atoms with Crippen LogP contribution in [0.2, 0.25) is 0 Å². The molecule has 5 rings (SSSR count). The number of alkyl halides is 2. The van der Waals surface area contributed by atoms with Crippen LogP contribution in [0.3, 0.4) is 0 Å². The van der Waals surface area contributed by atoms with E-state index in [1.165, 1.54) is 12.1 Å². The molecule has 5 aromatic rings. The monoisotopic (exact) mass is 642 g/mol. The minimum absolute atomic E-state index is 0.247. The molecule has 0 unspecified atom stereocenters. The van der Waals surface area contributed by atoms with Gasteiger partial charge in [-0.25, -0.2) is 30.7 Å². The van der Waals surface area contributed by atoms with Gasteiger partial charge in [0.25, 0.3) is 0 Å². The molecule has 0 saturated heterocycles. The molecule has 10 heteroatoms. The first-order chi connectivity index (χ1) is 21.9. The second kappa shape index (κ2) is 13.2. The van der Waals surface area contributed by atoms with Gasteiger partial charge in [-0.1, -0.05) is 61.9 Å². The molecule has 0 aliphatic carbocycles. The predicted octanol–water partition coefficient (Wildman–Crippen LogP) is 11.6. The van der Waals surface area contributed by atoms with Crippen LogP contribution in [0.4, 0.5) is 39.5 Å². The van der Waals surface area contributed by atoms with Crippen molar-refractivity contribution in [3.63, 3.8) is 0 Å². The molecular formula is C36H23F9O. The Morgan fingerprint density at radius 3 is 1.61 bits per heavy atom. The second-order valence-electron chi connectivity index (χ2n) is 10.3. The zero-order chi connectivity index (χ0) is 33.2. The van der Waals surface area contributed by atoms with Crippen LogP contribution in [0.25, 0.3) is 39.5 Å². The van der Waals surface area contributed by atoms with Gasteiger partial charge in [0.1, 0.15) is 34.6 Å². The summed E-state index contributed by atoms with van der Waals surface area (Å²) in [4.78, 5) is 0. The Hall–Kier alpha value is -4.99. The molecule has 0 radical (unpaired) electrons. The maximum Gasteiger partial charge on any atom is 0.432 e. The van der Waals surface area contributed by atoms with Gasteiger partial charge < -0.3 is 4.74 Å². The van der Waals surface area contributed by atoms with E-state index in [9.17, 15) is 35.1 Å². The minimum atomic E-state index is -4.67. The standard InChI is InChI=1S/C36H23F9O/c1-2-3-4-5-20-6-8-21(9-7-20)22-10-12-26(28(37)14-22)23-15-30(39)34(31(40)16-23)36(44,45)46-25-11-13-27(29(38)19-25)24-17-32(41)35(43)33(42)18-24/h4-19H,2-3H2,1H3. The molecule has 0 saturated carbocycles. The zero-order valence-electron chi connectivity index (χ0n) is 24.0. The summed E-state index contributed by atoms with van der Waals surface area (Å²) in [7, 11) is 0. The Bertz CT molecular complexity index is 1890. The maximum absolute atomic E-state index is 15.1. The van der Waals surface area contributed by atoms with Crippen molar-refractivity contribution in [2.45, 2.75) is 25.9 Å². The van der Waals surface area contributed by atoms with Crippen molar-refractivity contribution in [2.24, 2.45) is 0 Å². The fourth-order valence-corrected chi connectivity index (χ4v) is 4.81. The highest BCUT2D eigenvalue weighted by molar-refractivity contribution is 5.72. The van der Waals surface area contributed by atoms with E-state index in [-0.39, 0.29) is 11.1 Å². The average molecular weight is 643 g/mol. The third kappa shape index (κ3) is 6.80. The van der Waals surface area contributed by atoms with Crippen molar-refractivity contribution < 1.29 is 44.3 Å². The number of allylic oxidation sites excluding steroid dienone is 1. The molecule has 5 aromatic carbocycles. The average Bonchev–Trinajstić information content (AvgIpc) is 2.99. The summed E-state index contributed by atoms with van der Waals surface area (Å²) in [5, 5.41) is 0. The van der Waals surface area contributed by atoms with Crippen LogP contribution in [-0.2, 0) is 6.11 Å². The van der Waals surface area contributed by atoms with Gasteiger partial charge in [0, 0.05) is 17.2 Å². The lowest BCUT2D eigenvalue weighted by atomic mass is 9.97. The summed E-state index contributed by atoms with van der Waals surface area (Å²) in [5.41, 5.74) is -1.21. The first-order valence-corrected chi connectivity index (χ1v) is 14.0. The number of rotatable bonds is 9. The van der Waals surface area contributed by atoms with Crippen LogP contribution >= 0.6 is 0 Å². The molecule has 0 aliphatic rings. The molecule has 0 aliphatic heterocycles. The summed E-state index contributed by atoms with van der Waals surface area (Å²) < 4.78 is 135. The van der Waals surface area contributed by atoms with Gasteiger partial charge in [-0.05, 0) is 76.7 Å². The second-order valence-corrected chi connectivity index (χ2v) is 10.3. The number of hydrogen-bond donors (Lipinski definition) is 0. The predicted molar refractivity (Wildman–Crippen MR) is 157 cm³/mol. The van der Waals surface area contributed by atoms with E-state index in [1.807, 2.05) is 24.3 Å². The number of ether oxygens (including phenoxy) is 1. The third-order valence-corrected chi connectivity index (χ3v) is 7.10. The molecule has 0 atom stereocenters. The van der Waals surface area contributed by atoms with E-state index in [0.29, 0.717) is 41.5 Å². The van der Waals surface area contributed by atoms with Gasteiger partial charge in [0.05, 0.1) is 0 Å². The van der Waals surface area contributed by atoms with Crippen molar-refractivity contribution in [3.05, 3.63) is 143 Å². The molecule has 0 fully saturated rings. The summed E-state index contributed by atoms with van der Waals surface area (Å²) in [5.74, 6) is -11.5. The Labute approximate surface area is 258 Å². The number of benzene rings is 5. The molecule has 1 nitrogen and oxygen atoms in total. The van der Waals surface area contributed by atoms with Crippen LogP contribution in [0.15, 0.2) is 91.0 Å². The Morgan fingerprint density at radius 1 is 0.565 bits per heavy atom. The van der Waals surface area contributed by atoms with E-state index in [2.05, 4.69) is 11.7 Å². The van der Waals surface area contributed by atoms with Crippen molar-refractivity contribution in [1.82, 2.24) is 0 Å². The number of hydrogen-bond acceptors (Lipinski definition) is 1. The van der Waals surface area contributed by atoms with Crippen LogP contribution in [0.5, 0.6) is 5.75 Å². The molecule has 0 amide bonds. The maximum atomic E-state index is 15.1.